The minimum Gasteiger partial charge on any atom is -0.485 e. The molecule has 0 radical (unpaired) electrons. The third-order valence-electron chi connectivity index (χ3n) is 3.11. The number of hydrogen-bond acceptors (Lipinski definition) is 7. The Labute approximate surface area is 137 Å². The van der Waals surface area contributed by atoms with Crippen molar-refractivity contribution in [2.75, 3.05) is 18.9 Å². The van der Waals surface area contributed by atoms with Gasteiger partial charge in [0.25, 0.3) is 11.1 Å². The van der Waals surface area contributed by atoms with Gasteiger partial charge >= 0.3 is 0 Å². The number of aromatic nitrogens is 2. The zero-order chi connectivity index (χ0) is 16.1. The van der Waals surface area contributed by atoms with Gasteiger partial charge in [0.1, 0.15) is 6.61 Å². The molecule has 0 bridgehead atoms. The van der Waals surface area contributed by atoms with E-state index in [0.29, 0.717) is 35.8 Å². The number of nitrogens with zero attached hydrogens (tertiary/aromatic N) is 2. The fraction of sp³-hybridized carbons (Fsp3) is 0.400. The lowest BCUT2D eigenvalue weighted by molar-refractivity contribution is -0.118. The number of rotatable bonds is 6. The highest BCUT2D eigenvalue weighted by Gasteiger charge is 2.27. The molecule has 7 nitrogen and oxygen atoms in total. The first-order valence-corrected chi connectivity index (χ1v) is 8.36. The molecule has 8 heteroatoms. The molecule has 0 saturated carbocycles. The first kappa shape index (κ1) is 15.7. The van der Waals surface area contributed by atoms with Crippen molar-refractivity contribution in [1.82, 2.24) is 15.5 Å². The van der Waals surface area contributed by atoms with Gasteiger partial charge in [0, 0.05) is 6.54 Å². The van der Waals surface area contributed by atoms with E-state index in [9.17, 15) is 4.79 Å². The summed E-state index contributed by atoms with van der Waals surface area (Å²) in [7, 11) is 0. The Morgan fingerprint density at radius 1 is 1.35 bits per heavy atom. The number of carbonyl (C=O) groups is 1. The Kier molecular flexibility index (Phi) is 5.02. The highest BCUT2D eigenvalue weighted by Crippen LogP contribution is 2.35. The van der Waals surface area contributed by atoms with Crippen LogP contribution in [-0.2, 0) is 4.79 Å². The van der Waals surface area contributed by atoms with Crippen molar-refractivity contribution in [3.8, 4) is 11.5 Å². The summed E-state index contributed by atoms with van der Waals surface area (Å²) in [6.45, 7) is 2.98. The number of carbonyl (C=O) groups excluding carboxylic acids is 1. The molecular formula is C15H17N3O4S. The van der Waals surface area contributed by atoms with Crippen LogP contribution in [0.1, 0.15) is 25.3 Å². The van der Waals surface area contributed by atoms with Gasteiger partial charge in [-0.25, -0.2) is 0 Å². The number of para-hydroxylation sites is 2. The van der Waals surface area contributed by atoms with Crippen molar-refractivity contribution in [1.29, 1.82) is 0 Å². The van der Waals surface area contributed by atoms with Crippen molar-refractivity contribution >= 4 is 17.7 Å². The number of amides is 1. The zero-order valence-electron chi connectivity index (χ0n) is 12.7. The van der Waals surface area contributed by atoms with Gasteiger partial charge in [-0.2, -0.15) is 0 Å². The van der Waals surface area contributed by atoms with Crippen LogP contribution in [-0.4, -0.2) is 35.0 Å². The Bertz CT molecular complexity index is 676. The van der Waals surface area contributed by atoms with Crippen molar-refractivity contribution in [3.05, 3.63) is 30.2 Å². The van der Waals surface area contributed by atoms with Crippen molar-refractivity contribution < 1.29 is 18.7 Å². The largest absolute Gasteiger partial charge is 0.485 e. The SMILES string of the molecule is CCCNC(=O)CSc1nnc([C@H]2COc3ccccc3O2)o1. The van der Waals surface area contributed by atoms with Gasteiger partial charge in [-0.1, -0.05) is 30.8 Å². The third kappa shape index (κ3) is 3.95. The van der Waals surface area contributed by atoms with Gasteiger partial charge in [0.15, 0.2) is 11.5 Å². The molecule has 0 saturated heterocycles. The summed E-state index contributed by atoms with van der Waals surface area (Å²) in [5.74, 6) is 1.88. The highest BCUT2D eigenvalue weighted by atomic mass is 32.2. The van der Waals surface area contributed by atoms with Crippen LogP contribution in [0.4, 0.5) is 0 Å². The summed E-state index contributed by atoms with van der Waals surface area (Å²) in [5, 5.41) is 11.0. The first-order valence-electron chi connectivity index (χ1n) is 7.37. The second-order valence-corrected chi connectivity index (χ2v) is 5.84. The van der Waals surface area contributed by atoms with Crippen LogP contribution >= 0.6 is 11.8 Å². The summed E-state index contributed by atoms with van der Waals surface area (Å²) >= 11 is 1.20. The summed E-state index contributed by atoms with van der Waals surface area (Å²) in [6, 6.07) is 7.42. The fourth-order valence-corrected chi connectivity index (χ4v) is 2.59. The Morgan fingerprint density at radius 3 is 3.00 bits per heavy atom. The second kappa shape index (κ2) is 7.36. The van der Waals surface area contributed by atoms with E-state index in [-0.39, 0.29) is 11.7 Å². The maximum Gasteiger partial charge on any atom is 0.277 e. The summed E-state index contributed by atoms with van der Waals surface area (Å²) < 4.78 is 17.0. The fourth-order valence-electron chi connectivity index (χ4n) is 1.99. The van der Waals surface area contributed by atoms with Crippen LogP contribution in [0, 0.1) is 0 Å². The number of benzene rings is 1. The molecule has 0 unspecified atom stereocenters. The van der Waals surface area contributed by atoms with Crippen LogP contribution in [0.5, 0.6) is 11.5 Å². The van der Waals surface area contributed by atoms with E-state index in [1.165, 1.54) is 11.8 Å². The molecular weight excluding hydrogens is 318 g/mol. The van der Waals surface area contributed by atoms with E-state index in [0.717, 1.165) is 6.42 Å². The molecule has 1 aromatic carbocycles. The van der Waals surface area contributed by atoms with E-state index < -0.39 is 6.10 Å². The molecule has 2 heterocycles. The number of fused-ring (bicyclic) bond motifs is 1. The molecule has 3 rings (SSSR count). The Hall–Kier alpha value is -2.22. The van der Waals surface area contributed by atoms with Crippen molar-refractivity contribution in [2.45, 2.75) is 24.7 Å². The number of hydrogen-bond donors (Lipinski definition) is 1. The van der Waals surface area contributed by atoms with Gasteiger partial charge in [-0.15, -0.1) is 10.2 Å². The van der Waals surface area contributed by atoms with E-state index >= 15 is 0 Å². The summed E-state index contributed by atoms with van der Waals surface area (Å²) in [4.78, 5) is 11.6. The minimum atomic E-state index is -0.444. The molecule has 2 aromatic rings. The molecule has 1 N–H and O–H groups in total. The predicted octanol–water partition coefficient (Wildman–Crippen LogP) is 2.20. The van der Waals surface area contributed by atoms with Crippen LogP contribution in [0.2, 0.25) is 0 Å². The molecule has 1 amide bonds. The van der Waals surface area contributed by atoms with Crippen molar-refractivity contribution in [3.63, 3.8) is 0 Å². The predicted molar refractivity (Wildman–Crippen MR) is 83.6 cm³/mol. The standard InChI is InChI=1S/C15H17N3O4S/c1-2-7-16-13(19)9-23-15-18-17-14(22-15)12-8-20-10-5-3-4-6-11(10)21-12/h3-6,12H,2,7-9H2,1H3,(H,16,19)/t12-/m1/s1. The maximum atomic E-state index is 11.6. The third-order valence-corrected chi connectivity index (χ3v) is 3.92. The molecule has 1 aliphatic rings. The van der Waals surface area contributed by atoms with E-state index in [4.69, 9.17) is 13.9 Å². The molecule has 122 valence electrons. The molecule has 1 atom stereocenters. The monoisotopic (exact) mass is 335 g/mol. The molecule has 23 heavy (non-hydrogen) atoms. The van der Waals surface area contributed by atoms with Gasteiger partial charge in [0.2, 0.25) is 12.0 Å². The molecule has 0 spiro atoms. The van der Waals surface area contributed by atoms with Gasteiger partial charge in [-0.3, -0.25) is 4.79 Å². The van der Waals surface area contributed by atoms with Crippen LogP contribution in [0.15, 0.2) is 33.9 Å². The lowest BCUT2D eigenvalue weighted by Crippen LogP contribution is -2.25. The highest BCUT2D eigenvalue weighted by molar-refractivity contribution is 7.99. The lowest BCUT2D eigenvalue weighted by Gasteiger charge is -2.23. The number of nitrogens with one attached hydrogen (secondary N) is 1. The van der Waals surface area contributed by atoms with Gasteiger partial charge in [0.05, 0.1) is 5.75 Å². The molecule has 0 aliphatic carbocycles. The normalized spacial score (nSPS) is 16.1. The van der Waals surface area contributed by atoms with Crippen LogP contribution < -0.4 is 14.8 Å². The average Bonchev–Trinajstić information content (AvgIpc) is 3.06. The van der Waals surface area contributed by atoms with Gasteiger partial charge in [-0.05, 0) is 18.6 Å². The molecule has 1 aromatic heterocycles. The Balaban J connectivity index is 1.56. The van der Waals surface area contributed by atoms with E-state index in [1.54, 1.807) is 0 Å². The van der Waals surface area contributed by atoms with Crippen molar-refractivity contribution in [2.24, 2.45) is 0 Å². The van der Waals surface area contributed by atoms with Crippen LogP contribution in [0.3, 0.4) is 0 Å². The topological polar surface area (TPSA) is 86.5 Å². The smallest absolute Gasteiger partial charge is 0.277 e. The molecule has 1 aliphatic heterocycles. The molecule has 0 fully saturated rings. The lowest BCUT2D eigenvalue weighted by atomic mass is 10.2. The summed E-state index contributed by atoms with van der Waals surface area (Å²) in [5.41, 5.74) is 0. The van der Waals surface area contributed by atoms with Crippen LogP contribution in [0.25, 0.3) is 0 Å². The van der Waals surface area contributed by atoms with E-state index in [2.05, 4.69) is 15.5 Å². The first-order chi connectivity index (χ1) is 11.3. The minimum absolute atomic E-state index is 0.0530. The number of thioether (sulfide) groups is 1. The maximum absolute atomic E-state index is 11.6. The average molecular weight is 335 g/mol. The summed E-state index contributed by atoms with van der Waals surface area (Å²) in [6.07, 6.45) is 0.461. The quantitative estimate of drug-likeness (QED) is 0.810. The van der Waals surface area contributed by atoms with Gasteiger partial charge < -0.3 is 19.2 Å². The zero-order valence-corrected chi connectivity index (χ0v) is 13.5. The number of ether oxygens (including phenoxy) is 2. The van der Waals surface area contributed by atoms with E-state index in [1.807, 2.05) is 31.2 Å². The Morgan fingerprint density at radius 2 is 2.17 bits per heavy atom. The second-order valence-electron chi connectivity index (χ2n) is 4.91.